The summed E-state index contributed by atoms with van der Waals surface area (Å²) in [4.78, 5) is 20.4. The lowest BCUT2D eigenvalue weighted by atomic mass is 10.3. The van der Waals surface area contributed by atoms with Crippen LogP contribution in [0.2, 0.25) is 0 Å². The number of carbonyl (C=O) groups excluding carboxylic acids is 1. The Morgan fingerprint density at radius 1 is 1.12 bits per heavy atom. The third-order valence-electron chi connectivity index (χ3n) is 4.98. The lowest BCUT2D eigenvalue weighted by Gasteiger charge is -2.32. The minimum Gasteiger partial charge on any atom is -0.343 e. The number of hydrogen-bond acceptors (Lipinski definition) is 7. The van der Waals surface area contributed by atoms with Gasteiger partial charge in [-0.3, -0.25) is 9.69 Å². The van der Waals surface area contributed by atoms with E-state index in [1.54, 1.807) is 6.92 Å². The zero-order valence-electron chi connectivity index (χ0n) is 15.3. The van der Waals surface area contributed by atoms with E-state index in [0.29, 0.717) is 57.3 Å². The van der Waals surface area contributed by atoms with Crippen LogP contribution in [-0.2, 0) is 27.8 Å². The molecule has 0 spiro atoms. The first kappa shape index (κ1) is 19.2. The molecule has 3 rings (SSSR count). The van der Waals surface area contributed by atoms with E-state index in [-0.39, 0.29) is 11.7 Å². The molecule has 0 aromatic carbocycles. The number of likely N-dealkylation sites (tertiary alicyclic amines) is 1. The van der Waals surface area contributed by atoms with Crippen LogP contribution in [0.3, 0.4) is 0 Å². The summed E-state index contributed by atoms with van der Waals surface area (Å²) in [7, 11) is -3.12. The predicted octanol–water partition coefficient (Wildman–Crippen LogP) is 0.0919. The Bertz CT molecular complexity index is 706. The molecule has 146 valence electrons. The van der Waals surface area contributed by atoms with Gasteiger partial charge in [-0.1, -0.05) is 5.16 Å². The normalized spacial score (nSPS) is 20.0. The fraction of sp³-hybridized carbons (Fsp3) is 0.812. The standard InChI is InChI=1S/C16H27N5O4S/c1-2-26(23,24)21-11-9-19(10-12-21)13-14-17-15(25-18-14)5-6-16(22)20-7-3-4-8-20/h2-13H2,1H3. The van der Waals surface area contributed by atoms with Crippen molar-refractivity contribution in [2.45, 2.75) is 39.2 Å². The van der Waals surface area contributed by atoms with Crippen molar-refractivity contribution >= 4 is 15.9 Å². The summed E-state index contributed by atoms with van der Waals surface area (Å²) in [6, 6.07) is 0. The van der Waals surface area contributed by atoms with E-state index in [9.17, 15) is 13.2 Å². The third kappa shape index (κ3) is 4.80. The summed E-state index contributed by atoms with van der Waals surface area (Å²) in [6.07, 6.45) is 3.03. The summed E-state index contributed by atoms with van der Waals surface area (Å²) in [5, 5.41) is 3.99. The fourth-order valence-corrected chi connectivity index (χ4v) is 4.43. The number of sulfonamides is 1. The van der Waals surface area contributed by atoms with Crippen molar-refractivity contribution in [1.82, 2.24) is 24.2 Å². The van der Waals surface area contributed by atoms with Gasteiger partial charge in [-0.15, -0.1) is 0 Å². The van der Waals surface area contributed by atoms with E-state index in [4.69, 9.17) is 4.52 Å². The second kappa shape index (κ2) is 8.45. The summed E-state index contributed by atoms with van der Waals surface area (Å²) in [5.74, 6) is 1.35. The second-order valence-electron chi connectivity index (χ2n) is 6.77. The molecule has 1 aromatic rings. The maximum atomic E-state index is 12.1. The minimum absolute atomic E-state index is 0.136. The van der Waals surface area contributed by atoms with Gasteiger partial charge >= 0.3 is 0 Å². The average Bonchev–Trinajstić information content (AvgIpc) is 3.32. The minimum atomic E-state index is -3.12. The van der Waals surface area contributed by atoms with Crippen LogP contribution in [0.1, 0.15) is 37.9 Å². The molecule has 0 atom stereocenters. The van der Waals surface area contributed by atoms with Gasteiger partial charge in [0.15, 0.2) is 5.82 Å². The van der Waals surface area contributed by atoms with Crippen LogP contribution in [-0.4, -0.2) is 83.6 Å². The first-order valence-electron chi connectivity index (χ1n) is 9.27. The Morgan fingerprint density at radius 2 is 1.81 bits per heavy atom. The lowest BCUT2D eigenvalue weighted by molar-refractivity contribution is -0.130. The third-order valence-corrected chi connectivity index (χ3v) is 6.86. The van der Waals surface area contributed by atoms with Gasteiger partial charge in [0, 0.05) is 52.1 Å². The highest BCUT2D eigenvalue weighted by Gasteiger charge is 2.26. The molecule has 2 fully saturated rings. The van der Waals surface area contributed by atoms with Crippen LogP contribution >= 0.6 is 0 Å². The first-order valence-corrected chi connectivity index (χ1v) is 10.9. The molecule has 26 heavy (non-hydrogen) atoms. The molecule has 9 nitrogen and oxygen atoms in total. The number of amides is 1. The highest BCUT2D eigenvalue weighted by Crippen LogP contribution is 2.13. The van der Waals surface area contributed by atoms with E-state index in [0.717, 1.165) is 25.9 Å². The smallest absolute Gasteiger partial charge is 0.227 e. The largest absolute Gasteiger partial charge is 0.343 e. The van der Waals surface area contributed by atoms with Gasteiger partial charge < -0.3 is 9.42 Å². The molecule has 2 saturated heterocycles. The maximum absolute atomic E-state index is 12.1. The van der Waals surface area contributed by atoms with E-state index in [1.165, 1.54) is 4.31 Å². The van der Waals surface area contributed by atoms with Crippen LogP contribution in [0.5, 0.6) is 0 Å². The van der Waals surface area contributed by atoms with Crippen LogP contribution < -0.4 is 0 Å². The highest BCUT2D eigenvalue weighted by atomic mass is 32.2. The predicted molar refractivity (Wildman–Crippen MR) is 94.7 cm³/mol. The molecule has 0 saturated carbocycles. The van der Waals surface area contributed by atoms with Gasteiger partial charge in [-0.2, -0.15) is 9.29 Å². The Balaban J connectivity index is 1.43. The van der Waals surface area contributed by atoms with Gasteiger partial charge in [0.05, 0.1) is 12.3 Å². The van der Waals surface area contributed by atoms with Crippen molar-refractivity contribution in [2.24, 2.45) is 0 Å². The zero-order valence-corrected chi connectivity index (χ0v) is 16.1. The Labute approximate surface area is 154 Å². The molecule has 0 N–H and O–H groups in total. The van der Waals surface area contributed by atoms with Crippen molar-refractivity contribution in [3.63, 3.8) is 0 Å². The molecule has 2 aliphatic heterocycles. The summed E-state index contributed by atoms with van der Waals surface area (Å²) >= 11 is 0. The van der Waals surface area contributed by atoms with Crippen molar-refractivity contribution in [3.05, 3.63) is 11.7 Å². The average molecular weight is 385 g/mol. The molecular formula is C16H27N5O4S. The number of piperazine rings is 1. The number of nitrogens with zero attached hydrogens (tertiary/aromatic N) is 5. The second-order valence-corrected chi connectivity index (χ2v) is 9.03. The molecule has 3 heterocycles. The monoisotopic (exact) mass is 385 g/mol. The molecule has 2 aliphatic rings. The molecule has 0 aliphatic carbocycles. The Hall–Kier alpha value is -1.52. The number of aromatic nitrogens is 2. The number of carbonyl (C=O) groups is 1. The van der Waals surface area contributed by atoms with Crippen molar-refractivity contribution in [2.75, 3.05) is 45.0 Å². The molecule has 0 unspecified atom stereocenters. The Morgan fingerprint density at radius 3 is 2.46 bits per heavy atom. The van der Waals surface area contributed by atoms with Crippen LogP contribution in [0.25, 0.3) is 0 Å². The van der Waals surface area contributed by atoms with Crippen molar-refractivity contribution in [1.29, 1.82) is 0 Å². The molecular weight excluding hydrogens is 358 g/mol. The van der Waals surface area contributed by atoms with E-state index in [2.05, 4.69) is 15.0 Å². The summed E-state index contributed by atoms with van der Waals surface area (Å²) < 4.78 is 30.5. The van der Waals surface area contributed by atoms with Crippen LogP contribution in [0, 0.1) is 0 Å². The van der Waals surface area contributed by atoms with E-state index in [1.807, 2.05) is 4.90 Å². The molecule has 1 amide bonds. The Kier molecular flexibility index (Phi) is 6.25. The van der Waals surface area contributed by atoms with Gasteiger partial charge in [-0.05, 0) is 19.8 Å². The van der Waals surface area contributed by atoms with Gasteiger partial charge in [-0.25, -0.2) is 8.42 Å². The van der Waals surface area contributed by atoms with E-state index >= 15 is 0 Å². The molecule has 0 radical (unpaired) electrons. The number of rotatable bonds is 7. The van der Waals surface area contributed by atoms with Crippen LogP contribution in [0.15, 0.2) is 4.52 Å². The fourth-order valence-electron chi connectivity index (χ4n) is 3.34. The topological polar surface area (TPSA) is 99.8 Å². The lowest BCUT2D eigenvalue weighted by Crippen LogP contribution is -2.48. The summed E-state index contributed by atoms with van der Waals surface area (Å²) in [5.41, 5.74) is 0. The van der Waals surface area contributed by atoms with Crippen molar-refractivity contribution < 1.29 is 17.7 Å². The van der Waals surface area contributed by atoms with Crippen LogP contribution in [0.4, 0.5) is 0 Å². The van der Waals surface area contributed by atoms with Crippen molar-refractivity contribution in [3.8, 4) is 0 Å². The molecule has 10 heteroatoms. The molecule has 0 bridgehead atoms. The van der Waals surface area contributed by atoms with Gasteiger partial charge in [0.25, 0.3) is 0 Å². The zero-order chi connectivity index (χ0) is 18.6. The molecule has 1 aromatic heterocycles. The SMILES string of the molecule is CCS(=O)(=O)N1CCN(Cc2noc(CCC(=O)N3CCCC3)n2)CC1. The van der Waals surface area contributed by atoms with Gasteiger partial charge in [0.1, 0.15) is 0 Å². The summed E-state index contributed by atoms with van der Waals surface area (Å²) in [6.45, 7) is 6.19. The number of aryl methyl sites for hydroxylation is 1. The quantitative estimate of drug-likeness (QED) is 0.656. The highest BCUT2D eigenvalue weighted by molar-refractivity contribution is 7.89. The van der Waals surface area contributed by atoms with E-state index < -0.39 is 10.0 Å². The van der Waals surface area contributed by atoms with Gasteiger partial charge in [0.2, 0.25) is 21.8 Å². The number of hydrogen-bond donors (Lipinski definition) is 0. The first-order chi connectivity index (χ1) is 12.5. The maximum Gasteiger partial charge on any atom is 0.227 e.